The number of hydrogen-bond acceptors (Lipinski definition) is 3. The fourth-order valence-corrected chi connectivity index (χ4v) is 2.96. The molecule has 3 atom stereocenters. The Balaban J connectivity index is 3.05. The third-order valence-electron chi connectivity index (χ3n) is 4.12. The quantitative estimate of drug-likeness (QED) is 0.799. The van der Waals surface area contributed by atoms with Gasteiger partial charge in [0, 0.05) is 7.11 Å². The molecule has 1 aliphatic carbocycles. The highest BCUT2D eigenvalue weighted by atomic mass is 16.5. The maximum Gasteiger partial charge on any atom is 0.109 e. The van der Waals surface area contributed by atoms with Crippen LogP contribution < -0.4 is 0 Å². The monoisotopic (exact) mass is 225 g/mol. The lowest BCUT2D eigenvalue weighted by Crippen LogP contribution is -2.53. The Morgan fingerprint density at radius 1 is 1.62 bits per heavy atom. The van der Waals surface area contributed by atoms with Gasteiger partial charge in [-0.2, -0.15) is 5.26 Å². The number of ether oxygens (including phenoxy) is 1. The van der Waals surface area contributed by atoms with E-state index in [9.17, 15) is 10.4 Å². The molecule has 3 nitrogen and oxygen atoms in total. The van der Waals surface area contributed by atoms with Gasteiger partial charge in [-0.3, -0.25) is 0 Å². The van der Waals surface area contributed by atoms with Crippen molar-refractivity contribution in [3.63, 3.8) is 0 Å². The van der Waals surface area contributed by atoms with Gasteiger partial charge in [0.05, 0.1) is 18.1 Å². The van der Waals surface area contributed by atoms with E-state index in [0.29, 0.717) is 5.92 Å². The highest BCUT2D eigenvalue weighted by molar-refractivity contribution is 5.15. The van der Waals surface area contributed by atoms with Gasteiger partial charge < -0.3 is 9.84 Å². The van der Waals surface area contributed by atoms with E-state index in [0.717, 1.165) is 19.3 Å². The van der Waals surface area contributed by atoms with Crippen LogP contribution in [0.15, 0.2) is 0 Å². The van der Waals surface area contributed by atoms with E-state index in [4.69, 9.17) is 4.74 Å². The summed E-state index contributed by atoms with van der Waals surface area (Å²) < 4.78 is 5.14. The minimum atomic E-state index is -1.03. The number of rotatable bonds is 4. The molecule has 0 spiro atoms. The Bertz CT molecular complexity index is 284. The molecule has 16 heavy (non-hydrogen) atoms. The fourth-order valence-electron chi connectivity index (χ4n) is 2.96. The molecule has 1 saturated carbocycles. The lowest BCUT2D eigenvalue weighted by molar-refractivity contribution is -0.132. The van der Waals surface area contributed by atoms with Gasteiger partial charge in [-0.1, -0.05) is 20.8 Å². The lowest BCUT2D eigenvalue weighted by atomic mass is 9.66. The lowest BCUT2D eigenvalue weighted by Gasteiger charge is -2.43. The van der Waals surface area contributed by atoms with E-state index in [2.05, 4.69) is 13.0 Å². The highest BCUT2D eigenvalue weighted by Crippen LogP contribution is 2.51. The maximum atomic E-state index is 10.8. The number of methoxy groups -OCH3 is 1. The van der Waals surface area contributed by atoms with Gasteiger partial charge in [0.1, 0.15) is 5.60 Å². The van der Waals surface area contributed by atoms with Gasteiger partial charge in [-0.25, -0.2) is 0 Å². The third kappa shape index (κ3) is 1.97. The van der Waals surface area contributed by atoms with E-state index in [-0.39, 0.29) is 12.5 Å². The van der Waals surface area contributed by atoms with Crippen LogP contribution in [0.1, 0.15) is 40.0 Å². The summed E-state index contributed by atoms with van der Waals surface area (Å²) in [6.45, 7) is 6.31. The first-order valence-electron chi connectivity index (χ1n) is 6.04. The van der Waals surface area contributed by atoms with E-state index in [1.54, 1.807) is 7.11 Å². The van der Waals surface area contributed by atoms with Crippen molar-refractivity contribution in [2.24, 2.45) is 17.3 Å². The van der Waals surface area contributed by atoms with Gasteiger partial charge in [-0.05, 0) is 31.1 Å². The molecule has 0 aromatic rings. The summed E-state index contributed by atoms with van der Waals surface area (Å²) in [5.41, 5.74) is -1.65. The van der Waals surface area contributed by atoms with Crippen molar-refractivity contribution in [1.29, 1.82) is 5.26 Å². The van der Waals surface area contributed by atoms with Crippen molar-refractivity contribution in [3.8, 4) is 6.07 Å². The average Bonchev–Trinajstić information content (AvgIpc) is 2.61. The molecule has 0 aromatic heterocycles. The van der Waals surface area contributed by atoms with Crippen molar-refractivity contribution in [2.45, 2.75) is 45.6 Å². The minimum Gasteiger partial charge on any atom is -0.386 e. The van der Waals surface area contributed by atoms with E-state index >= 15 is 0 Å². The standard InChI is InChI=1S/C13H23NO2/c1-10(2)13(15,9-16-4)12(8-14)6-5-11(3)7-12/h10-11,15H,5-7,9H2,1-4H3. The Labute approximate surface area is 98.4 Å². The minimum absolute atomic E-state index is 0.0254. The molecule has 1 N–H and O–H groups in total. The summed E-state index contributed by atoms with van der Waals surface area (Å²) >= 11 is 0. The normalized spacial score (nSPS) is 33.7. The first kappa shape index (κ1) is 13.5. The summed E-state index contributed by atoms with van der Waals surface area (Å²) in [7, 11) is 1.58. The van der Waals surface area contributed by atoms with Gasteiger partial charge in [-0.15, -0.1) is 0 Å². The molecule has 0 aliphatic heterocycles. The SMILES string of the molecule is COCC(O)(C(C)C)C1(C#N)CCC(C)C1. The van der Waals surface area contributed by atoms with E-state index < -0.39 is 11.0 Å². The summed E-state index contributed by atoms with van der Waals surface area (Å²) in [6, 6.07) is 2.38. The summed E-state index contributed by atoms with van der Waals surface area (Å²) in [6.07, 6.45) is 2.58. The molecule has 0 amide bonds. The second kappa shape index (κ2) is 4.73. The highest BCUT2D eigenvalue weighted by Gasteiger charge is 2.55. The first-order valence-corrected chi connectivity index (χ1v) is 6.04. The number of aliphatic hydroxyl groups is 1. The molecule has 0 aromatic carbocycles. The van der Waals surface area contributed by atoms with Gasteiger partial charge >= 0.3 is 0 Å². The molecular formula is C13H23NO2. The Hall–Kier alpha value is -0.590. The Morgan fingerprint density at radius 2 is 2.25 bits per heavy atom. The summed E-state index contributed by atoms with van der Waals surface area (Å²) in [5, 5.41) is 20.3. The van der Waals surface area contributed by atoms with Gasteiger partial charge in [0.15, 0.2) is 0 Å². The predicted molar refractivity (Wildman–Crippen MR) is 62.7 cm³/mol. The van der Waals surface area contributed by atoms with Crippen molar-refractivity contribution in [3.05, 3.63) is 0 Å². The van der Waals surface area contributed by atoms with Crippen LogP contribution in [0.3, 0.4) is 0 Å². The molecule has 92 valence electrons. The van der Waals surface area contributed by atoms with Crippen molar-refractivity contribution in [1.82, 2.24) is 0 Å². The zero-order valence-corrected chi connectivity index (χ0v) is 10.8. The molecule has 0 saturated heterocycles. The second-order valence-corrected chi connectivity index (χ2v) is 5.55. The Kier molecular flexibility index (Phi) is 3.98. The van der Waals surface area contributed by atoms with Crippen LogP contribution >= 0.6 is 0 Å². The van der Waals surface area contributed by atoms with Crippen LogP contribution in [0.5, 0.6) is 0 Å². The molecule has 1 aliphatic rings. The summed E-state index contributed by atoms with van der Waals surface area (Å²) in [5.74, 6) is 0.541. The second-order valence-electron chi connectivity index (χ2n) is 5.55. The van der Waals surface area contributed by atoms with Crippen LogP contribution in [0, 0.1) is 28.6 Å². The average molecular weight is 225 g/mol. The number of nitrogens with zero attached hydrogens (tertiary/aromatic N) is 1. The largest absolute Gasteiger partial charge is 0.386 e. The zero-order chi connectivity index (χ0) is 12.4. The van der Waals surface area contributed by atoms with Crippen LogP contribution in [0.2, 0.25) is 0 Å². The molecule has 0 heterocycles. The smallest absolute Gasteiger partial charge is 0.109 e. The zero-order valence-electron chi connectivity index (χ0n) is 10.8. The van der Waals surface area contributed by atoms with E-state index in [1.165, 1.54) is 0 Å². The molecular weight excluding hydrogens is 202 g/mol. The van der Waals surface area contributed by atoms with Crippen LogP contribution in [0.25, 0.3) is 0 Å². The van der Waals surface area contributed by atoms with Crippen molar-refractivity contribution >= 4 is 0 Å². The predicted octanol–water partition coefficient (Wildman–Crippen LogP) is 2.35. The van der Waals surface area contributed by atoms with Crippen molar-refractivity contribution in [2.75, 3.05) is 13.7 Å². The van der Waals surface area contributed by atoms with Gasteiger partial charge in [0.25, 0.3) is 0 Å². The molecule has 1 fully saturated rings. The number of hydrogen-bond donors (Lipinski definition) is 1. The van der Waals surface area contributed by atoms with E-state index in [1.807, 2.05) is 13.8 Å². The maximum absolute atomic E-state index is 10.8. The van der Waals surface area contributed by atoms with Crippen LogP contribution in [0.4, 0.5) is 0 Å². The number of nitriles is 1. The topological polar surface area (TPSA) is 53.2 Å². The summed E-state index contributed by atoms with van der Waals surface area (Å²) in [4.78, 5) is 0. The van der Waals surface area contributed by atoms with Crippen LogP contribution in [-0.2, 0) is 4.74 Å². The van der Waals surface area contributed by atoms with Crippen LogP contribution in [-0.4, -0.2) is 24.4 Å². The van der Waals surface area contributed by atoms with Gasteiger partial charge in [0.2, 0.25) is 0 Å². The third-order valence-corrected chi connectivity index (χ3v) is 4.12. The van der Waals surface area contributed by atoms with Crippen molar-refractivity contribution < 1.29 is 9.84 Å². The first-order chi connectivity index (χ1) is 7.42. The molecule has 0 bridgehead atoms. The Morgan fingerprint density at radius 3 is 2.56 bits per heavy atom. The molecule has 3 unspecified atom stereocenters. The molecule has 3 heteroatoms. The molecule has 1 rings (SSSR count). The molecule has 0 radical (unpaired) electrons. The fraction of sp³-hybridized carbons (Fsp3) is 0.923.